The number of nitrogens with one attached hydrogen (secondary N) is 1. The number of hydrogen-bond acceptors (Lipinski definition) is 5. The van der Waals surface area contributed by atoms with E-state index in [1.807, 2.05) is 48.5 Å². The minimum absolute atomic E-state index is 0.0491. The summed E-state index contributed by atoms with van der Waals surface area (Å²) in [6.45, 7) is 0.0507. The van der Waals surface area contributed by atoms with Crippen LogP contribution in [-0.4, -0.2) is 38.4 Å². The number of likely N-dealkylation sites (N-methyl/N-ethyl adjacent to an activating group) is 1. The average Bonchev–Trinajstić information content (AvgIpc) is 2.79. The summed E-state index contributed by atoms with van der Waals surface area (Å²) < 4.78 is 31.8. The molecule has 0 atom stereocenters. The molecule has 3 aromatic carbocycles. The van der Waals surface area contributed by atoms with Gasteiger partial charge in [0, 0.05) is 12.1 Å². The summed E-state index contributed by atoms with van der Waals surface area (Å²) in [6, 6.07) is 22.8. The molecule has 3 aromatic rings. The van der Waals surface area contributed by atoms with Crippen LogP contribution in [0.15, 0.2) is 88.9 Å². The molecule has 166 valence electrons. The first-order chi connectivity index (χ1) is 15.3. The zero-order valence-electron chi connectivity index (χ0n) is 17.3. The highest BCUT2D eigenvalue weighted by molar-refractivity contribution is 7.89. The Hall–Kier alpha value is -3.20. The van der Waals surface area contributed by atoms with E-state index in [1.165, 1.54) is 37.5 Å². The second kappa shape index (κ2) is 10.9. The molecule has 0 aliphatic carbocycles. The number of nitrogens with zero attached hydrogens (tertiary/aromatic N) is 2. The van der Waals surface area contributed by atoms with Gasteiger partial charge in [0.25, 0.3) is 5.91 Å². The monoisotopic (exact) mass is 471 g/mol. The van der Waals surface area contributed by atoms with Gasteiger partial charge in [0.2, 0.25) is 10.0 Å². The molecule has 0 aromatic heterocycles. The number of rotatable bonds is 9. The normalized spacial score (nSPS) is 11.6. The first-order valence-corrected chi connectivity index (χ1v) is 11.5. The van der Waals surface area contributed by atoms with Crippen molar-refractivity contribution in [3.05, 3.63) is 95.0 Å². The topological polar surface area (TPSA) is 88.1 Å². The van der Waals surface area contributed by atoms with Gasteiger partial charge in [0.1, 0.15) is 12.4 Å². The molecule has 3 rings (SSSR count). The van der Waals surface area contributed by atoms with Gasteiger partial charge in [0.05, 0.1) is 17.7 Å². The maximum Gasteiger partial charge on any atom is 0.255 e. The van der Waals surface area contributed by atoms with Crippen LogP contribution in [0.5, 0.6) is 5.75 Å². The van der Waals surface area contributed by atoms with E-state index < -0.39 is 15.9 Å². The number of hydrazone groups is 1. The van der Waals surface area contributed by atoms with Crippen molar-refractivity contribution in [3.63, 3.8) is 0 Å². The average molecular weight is 472 g/mol. The predicted octanol–water partition coefficient (Wildman–Crippen LogP) is 3.69. The Bertz CT molecular complexity index is 1180. The van der Waals surface area contributed by atoms with Crippen molar-refractivity contribution in [1.82, 2.24) is 9.73 Å². The Kier molecular flexibility index (Phi) is 7.99. The molecule has 0 radical (unpaired) electrons. The maximum atomic E-state index is 12.5. The molecular formula is C23H22ClN3O4S. The van der Waals surface area contributed by atoms with Gasteiger partial charge < -0.3 is 4.74 Å². The van der Waals surface area contributed by atoms with Crippen LogP contribution in [-0.2, 0) is 21.4 Å². The van der Waals surface area contributed by atoms with Crippen molar-refractivity contribution in [3.8, 4) is 5.75 Å². The van der Waals surface area contributed by atoms with Crippen molar-refractivity contribution >= 4 is 33.7 Å². The quantitative estimate of drug-likeness (QED) is 0.381. The Balaban J connectivity index is 1.53. The maximum absolute atomic E-state index is 12.5. The van der Waals surface area contributed by atoms with E-state index in [9.17, 15) is 13.2 Å². The van der Waals surface area contributed by atoms with Crippen LogP contribution in [0.4, 0.5) is 0 Å². The van der Waals surface area contributed by atoms with Gasteiger partial charge in [-0.05, 0) is 47.5 Å². The third-order valence-corrected chi connectivity index (χ3v) is 6.47. The lowest BCUT2D eigenvalue weighted by Gasteiger charge is -2.16. The first-order valence-electron chi connectivity index (χ1n) is 9.65. The van der Waals surface area contributed by atoms with E-state index in [0.717, 1.165) is 15.4 Å². The minimum atomic E-state index is -3.82. The molecule has 0 heterocycles. The molecule has 0 spiro atoms. The molecule has 0 aliphatic heterocycles. The molecule has 9 heteroatoms. The van der Waals surface area contributed by atoms with Gasteiger partial charge in [-0.1, -0.05) is 54.1 Å². The molecule has 1 amide bonds. The Labute approximate surface area is 192 Å². The zero-order valence-corrected chi connectivity index (χ0v) is 18.9. The number of carbonyl (C=O) groups excluding carboxylic acids is 1. The van der Waals surface area contributed by atoms with Crippen LogP contribution in [0.1, 0.15) is 11.1 Å². The SMILES string of the molecule is CN(CC(=O)N/N=C\c1cccc(OCc2ccccc2)c1)S(=O)(=O)c1ccc(Cl)cc1. The molecule has 0 bridgehead atoms. The van der Waals surface area contributed by atoms with E-state index in [-0.39, 0.29) is 11.4 Å². The molecule has 32 heavy (non-hydrogen) atoms. The largest absolute Gasteiger partial charge is 0.489 e. The molecule has 0 saturated carbocycles. The van der Waals surface area contributed by atoms with Crippen molar-refractivity contribution in [2.75, 3.05) is 13.6 Å². The summed E-state index contributed by atoms with van der Waals surface area (Å²) in [4.78, 5) is 12.2. The number of benzene rings is 3. The minimum Gasteiger partial charge on any atom is -0.489 e. The summed E-state index contributed by atoms with van der Waals surface area (Å²) >= 11 is 5.79. The van der Waals surface area contributed by atoms with Crippen LogP contribution in [0.3, 0.4) is 0 Å². The number of ether oxygens (including phenoxy) is 1. The second-order valence-electron chi connectivity index (χ2n) is 6.85. The molecule has 7 nitrogen and oxygen atoms in total. The highest BCUT2D eigenvalue weighted by atomic mass is 35.5. The zero-order chi connectivity index (χ0) is 23.0. The first kappa shape index (κ1) is 23.5. The lowest BCUT2D eigenvalue weighted by atomic mass is 10.2. The van der Waals surface area contributed by atoms with Gasteiger partial charge >= 0.3 is 0 Å². The van der Waals surface area contributed by atoms with E-state index >= 15 is 0 Å². The van der Waals surface area contributed by atoms with Crippen LogP contribution >= 0.6 is 11.6 Å². The summed E-state index contributed by atoms with van der Waals surface area (Å²) in [5, 5.41) is 4.33. The lowest BCUT2D eigenvalue weighted by molar-refractivity contribution is -0.121. The van der Waals surface area contributed by atoms with Gasteiger partial charge in [-0.25, -0.2) is 13.8 Å². The molecule has 1 N–H and O–H groups in total. The molecular weight excluding hydrogens is 450 g/mol. The smallest absolute Gasteiger partial charge is 0.255 e. The number of sulfonamides is 1. The Morgan fingerprint density at radius 3 is 2.50 bits per heavy atom. The fourth-order valence-electron chi connectivity index (χ4n) is 2.71. The number of carbonyl (C=O) groups is 1. The lowest BCUT2D eigenvalue weighted by Crippen LogP contribution is -2.36. The van der Waals surface area contributed by atoms with E-state index in [1.54, 1.807) is 6.07 Å². The Morgan fingerprint density at radius 1 is 1.06 bits per heavy atom. The van der Waals surface area contributed by atoms with Crippen molar-refractivity contribution < 1.29 is 17.9 Å². The second-order valence-corrected chi connectivity index (χ2v) is 9.34. The van der Waals surface area contributed by atoms with Gasteiger partial charge in [-0.3, -0.25) is 4.79 Å². The van der Waals surface area contributed by atoms with Crippen LogP contribution in [0.2, 0.25) is 5.02 Å². The van der Waals surface area contributed by atoms with Crippen LogP contribution in [0, 0.1) is 0 Å². The van der Waals surface area contributed by atoms with Crippen molar-refractivity contribution in [2.24, 2.45) is 5.10 Å². The summed E-state index contributed by atoms with van der Waals surface area (Å²) in [7, 11) is -2.50. The van der Waals surface area contributed by atoms with Crippen molar-refractivity contribution in [1.29, 1.82) is 0 Å². The highest BCUT2D eigenvalue weighted by Gasteiger charge is 2.22. The number of amides is 1. The molecule has 0 saturated heterocycles. The Morgan fingerprint density at radius 2 is 1.78 bits per heavy atom. The third kappa shape index (κ3) is 6.65. The predicted molar refractivity (Wildman–Crippen MR) is 124 cm³/mol. The molecule has 0 aliphatic rings. The van der Waals surface area contributed by atoms with Crippen LogP contribution < -0.4 is 10.2 Å². The van der Waals surface area contributed by atoms with Gasteiger partial charge in [-0.2, -0.15) is 9.41 Å². The third-order valence-electron chi connectivity index (χ3n) is 4.40. The summed E-state index contributed by atoms with van der Waals surface area (Å²) in [6.07, 6.45) is 1.46. The molecule has 0 fully saturated rings. The fraction of sp³-hybridized carbons (Fsp3) is 0.130. The van der Waals surface area contributed by atoms with E-state index in [4.69, 9.17) is 16.3 Å². The standard InChI is InChI=1S/C23H22ClN3O4S/c1-27(32(29,30)22-12-10-20(24)11-13-22)16-23(28)26-25-15-19-8-5-9-21(14-19)31-17-18-6-3-2-4-7-18/h2-15H,16-17H2,1H3,(H,26,28)/b25-15-. The fourth-order valence-corrected chi connectivity index (χ4v) is 3.97. The highest BCUT2D eigenvalue weighted by Crippen LogP contribution is 2.17. The van der Waals surface area contributed by atoms with Crippen molar-refractivity contribution in [2.45, 2.75) is 11.5 Å². The number of halogens is 1. The summed E-state index contributed by atoms with van der Waals surface area (Å²) in [5.74, 6) is 0.0932. The van der Waals surface area contributed by atoms with Crippen LogP contribution in [0.25, 0.3) is 0 Å². The molecule has 0 unspecified atom stereocenters. The van der Waals surface area contributed by atoms with E-state index in [2.05, 4.69) is 10.5 Å². The summed E-state index contributed by atoms with van der Waals surface area (Å²) in [5.41, 5.74) is 4.11. The van der Waals surface area contributed by atoms with E-state index in [0.29, 0.717) is 17.4 Å². The number of hydrogen-bond donors (Lipinski definition) is 1. The van der Waals surface area contributed by atoms with Gasteiger partial charge in [-0.15, -0.1) is 0 Å². The van der Waals surface area contributed by atoms with Gasteiger partial charge in [0.15, 0.2) is 0 Å².